The molecular formula is C13H28N2O. The minimum atomic E-state index is 0.0959. The van der Waals surface area contributed by atoms with E-state index < -0.39 is 0 Å². The number of hydrogen-bond donors (Lipinski definition) is 1. The largest absolute Gasteiger partial charge is 0.379 e. The summed E-state index contributed by atoms with van der Waals surface area (Å²) in [6.45, 7) is 12.8. The van der Waals surface area contributed by atoms with Gasteiger partial charge in [0.2, 0.25) is 0 Å². The Balaban J connectivity index is 2.46. The number of ether oxygens (including phenoxy) is 1. The van der Waals surface area contributed by atoms with Crippen molar-refractivity contribution in [2.75, 3.05) is 26.3 Å². The highest BCUT2D eigenvalue weighted by molar-refractivity contribution is 4.92. The average molecular weight is 228 g/mol. The number of hydrogen-bond acceptors (Lipinski definition) is 3. The molecule has 0 aromatic rings. The van der Waals surface area contributed by atoms with Gasteiger partial charge in [-0.3, -0.25) is 4.90 Å². The molecule has 0 aliphatic carbocycles. The highest BCUT2D eigenvalue weighted by Gasteiger charge is 2.33. The second-order valence-electron chi connectivity index (χ2n) is 5.83. The lowest BCUT2D eigenvalue weighted by Gasteiger charge is -2.44. The highest BCUT2D eigenvalue weighted by Crippen LogP contribution is 2.23. The monoisotopic (exact) mass is 228 g/mol. The van der Waals surface area contributed by atoms with Crippen LogP contribution >= 0.6 is 0 Å². The van der Waals surface area contributed by atoms with Crippen molar-refractivity contribution in [3.05, 3.63) is 0 Å². The van der Waals surface area contributed by atoms with E-state index in [1.165, 1.54) is 6.42 Å². The summed E-state index contributed by atoms with van der Waals surface area (Å²) in [7, 11) is 0. The van der Waals surface area contributed by atoms with Gasteiger partial charge in [0, 0.05) is 24.7 Å². The van der Waals surface area contributed by atoms with Crippen LogP contribution in [0, 0.1) is 5.92 Å². The van der Waals surface area contributed by atoms with Crippen molar-refractivity contribution in [2.24, 2.45) is 11.7 Å². The smallest absolute Gasteiger partial charge is 0.0594 e. The zero-order valence-electron chi connectivity index (χ0n) is 11.3. The van der Waals surface area contributed by atoms with E-state index >= 15 is 0 Å². The van der Waals surface area contributed by atoms with Crippen LogP contribution in [0.5, 0.6) is 0 Å². The van der Waals surface area contributed by atoms with Gasteiger partial charge < -0.3 is 10.5 Å². The summed E-state index contributed by atoms with van der Waals surface area (Å²) in [5.74, 6) is 0.742. The molecule has 1 fully saturated rings. The quantitative estimate of drug-likeness (QED) is 0.780. The van der Waals surface area contributed by atoms with Crippen LogP contribution in [-0.4, -0.2) is 42.8 Å². The van der Waals surface area contributed by atoms with Gasteiger partial charge in [-0.1, -0.05) is 13.8 Å². The fourth-order valence-electron chi connectivity index (χ4n) is 2.24. The third-order valence-electron chi connectivity index (χ3n) is 3.79. The molecule has 1 saturated heterocycles. The van der Waals surface area contributed by atoms with E-state index in [2.05, 4.69) is 32.6 Å². The zero-order chi connectivity index (χ0) is 12.2. The summed E-state index contributed by atoms with van der Waals surface area (Å²) in [6, 6.07) is 0.257. The molecule has 1 rings (SSSR count). The normalized spacial score (nSPS) is 21.4. The second kappa shape index (κ2) is 5.99. The van der Waals surface area contributed by atoms with Crippen LogP contribution < -0.4 is 5.73 Å². The molecule has 16 heavy (non-hydrogen) atoms. The first kappa shape index (κ1) is 13.9. The van der Waals surface area contributed by atoms with Gasteiger partial charge >= 0.3 is 0 Å². The van der Waals surface area contributed by atoms with Crippen molar-refractivity contribution >= 4 is 0 Å². The Morgan fingerprint density at radius 1 is 1.19 bits per heavy atom. The molecule has 0 amide bonds. The van der Waals surface area contributed by atoms with E-state index in [9.17, 15) is 0 Å². The van der Waals surface area contributed by atoms with Crippen molar-refractivity contribution in [3.63, 3.8) is 0 Å². The van der Waals surface area contributed by atoms with Gasteiger partial charge in [-0.05, 0) is 32.6 Å². The first-order valence-electron chi connectivity index (χ1n) is 6.53. The topological polar surface area (TPSA) is 38.5 Å². The molecule has 0 radical (unpaired) electrons. The van der Waals surface area contributed by atoms with E-state index in [0.29, 0.717) is 0 Å². The van der Waals surface area contributed by atoms with Gasteiger partial charge in [-0.2, -0.15) is 0 Å². The minimum absolute atomic E-state index is 0.0959. The molecule has 1 aliphatic rings. The van der Waals surface area contributed by atoms with E-state index in [-0.39, 0.29) is 11.6 Å². The van der Waals surface area contributed by atoms with E-state index in [0.717, 1.165) is 38.6 Å². The van der Waals surface area contributed by atoms with E-state index in [1.54, 1.807) is 0 Å². The summed E-state index contributed by atoms with van der Waals surface area (Å²) in [5.41, 5.74) is 6.44. The summed E-state index contributed by atoms with van der Waals surface area (Å²) < 4.78 is 5.39. The molecule has 3 heteroatoms. The maximum Gasteiger partial charge on any atom is 0.0594 e. The molecule has 1 aliphatic heterocycles. The minimum Gasteiger partial charge on any atom is -0.379 e. The van der Waals surface area contributed by atoms with Crippen molar-refractivity contribution < 1.29 is 4.74 Å². The van der Waals surface area contributed by atoms with Crippen molar-refractivity contribution in [2.45, 2.75) is 52.1 Å². The molecular weight excluding hydrogens is 200 g/mol. The van der Waals surface area contributed by atoms with Crippen LogP contribution in [0.4, 0.5) is 0 Å². The van der Waals surface area contributed by atoms with Crippen molar-refractivity contribution in [1.82, 2.24) is 4.90 Å². The maximum absolute atomic E-state index is 6.35. The zero-order valence-corrected chi connectivity index (χ0v) is 11.3. The van der Waals surface area contributed by atoms with Gasteiger partial charge in [0.25, 0.3) is 0 Å². The lowest BCUT2D eigenvalue weighted by Crippen LogP contribution is -2.59. The third-order valence-corrected chi connectivity index (χ3v) is 3.79. The number of rotatable bonds is 5. The molecule has 0 aromatic carbocycles. The Morgan fingerprint density at radius 3 is 2.25 bits per heavy atom. The van der Waals surface area contributed by atoms with Crippen molar-refractivity contribution in [1.29, 1.82) is 0 Å². The molecule has 0 spiro atoms. The Bertz CT molecular complexity index is 198. The molecule has 96 valence electrons. The highest BCUT2D eigenvalue weighted by atomic mass is 16.5. The SMILES string of the molecule is CC(C)CCC(N)C(C)(C)N1CCOCC1. The summed E-state index contributed by atoms with van der Waals surface area (Å²) >= 11 is 0. The fraction of sp³-hybridized carbons (Fsp3) is 1.00. The van der Waals surface area contributed by atoms with Crippen LogP contribution in [0.3, 0.4) is 0 Å². The lowest BCUT2D eigenvalue weighted by molar-refractivity contribution is -0.0200. The molecule has 1 unspecified atom stereocenters. The molecule has 3 nitrogen and oxygen atoms in total. The Hall–Kier alpha value is -0.120. The van der Waals surface area contributed by atoms with Crippen LogP contribution in [0.2, 0.25) is 0 Å². The van der Waals surface area contributed by atoms with E-state index in [1.807, 2.05) is 0 Å². The molecule has 1 heterocycles. The van der Waals surface area contributed by atoms with Gasteiger partial charge in [0.1, 0.15) is 0 Å². The Kier molecular flexibility index (Phi) is 5.22. The summed E-state index contributed by atoms with van der Waals surface area (Å²) in [5, 5.41) is 0. The lowest BCUT2D eigenvalue weighted by atomic mass is 9.87. The van der Waals surface area contributed by atoms with Crippen molar-refractivity contribution in [3.8, 4) is 0 Å². The Morgan fingerprint density at radius 2 is 1.75 bits per heavy atom. The maximum atomic E-state index is 6.35. The predicted molar refractivity (Wildman–Crippen MR) is 68.5 cm³/mol. The Labute approximate surface area is 100 Å². The first-order chi connectivity index (χ1) is 7.44. The van der Waals surface area contributed by atoms with Crippen LogP contribution in [0.1, 0.15) is 40.5 Å². The molecule has 0 bridgehead atoms. The number of nitrogens with two attached hydrogens (primary N) is 1. The molecule has 2 N–H and O–H groups in total. The van der Waals surface area contributed by atoms with Crippen LogP contribution in [0.25, 0.3) is 0 Å². The van der Waals surface area contributed by atoms with Gasteiger partial charge in [-0.25, -0.2) is 0 Å². The van der Waals surface area contributed by atoms with Gasteiger partial charge in [0.05, 0.1) is 13.2 Å². The van der Waals surface area contributed by atoms with Gasteiger partial charge in [0.15, 0.2) is 0 Å². The van der Waals surface area contributed by atoms with Crippen LogP contribution in [-0.2, 0) is 4.74 Å². The van der Waals surface area contributed by atoms with E-state index in [4.69, 9.17) is 10.5 Å². The standard InChI is InChI=1S/C13H28N2O/c1-11(2)5-6-12(14)13(3,4)15-7-9-16-10-8-15/h11-12H,5-10,14H2,1-4H3. The molecule has 1 atom stereocenters. The fourth-order valence-corrected chi connectivity index (χ4v) is 2.24. The first-order valence-corrected chi connectivity index (χ1v) is 6.53. The third kappa shape index (κ3) is 3.72. The second-order valence-corrected chi connectivity index (χ2v) is 5.83. The number of morpholine rings is 1. The van der Waals surface area contributed by atoms with Gasteiger partial charge in [-0.15, -0.1) is 0 Å². The predicted octanol–water partition coefficient (Wildman–Crippen LogP) is 1.86. The molecule has 0 aromatic heterocycles. The summed E-state index contributed by atoms with van der Waals surface area (Å²) in [4.78, 5) is 2.47. The van der Waals surface area contributed by atoms with Crippen LogP contribution in [0.15, 0.2) is 0 Å². The summed E-state index contributed by atoms with van der Waals surface area (Å²) in [6.07, 6.45) is 2.33. The molecule has 0 saturated carbocycles. The average Bonchev–Trinajstić information content (AvgIpc) is 2.27. The number of nitrogens with zero attached hydrogens (tertiary/aromatic N) is 1.